The second kappa shape index (κ2) is 6.36. The number of hydrogen-bond acceptors (Lipinski definition) is 3. The number of benzene rings is 2. The molecule has 0 radical (unpaired) electrons. The predicted octanol–water partition coefficient (Wildman–Crippen LogP) is 2.98. The molecule has 0 spiro atoms. The van der Waals surface area contributed by atoms with Gasteiger partial charge >= 0.3 is 0 Å². The average molecular weight is 308 g/mol. The van der Waals surface area contributed by atoms with Crippen LogP contribution in [-0.2, 0) is 9.59 Å². The van der Waals surface area contributed by atoms with Crippen molar-refractivity contribution in [1.29, 1.82) is 0 Å². The summed E-state index contributed by atoms with van der Waals surface area (Å²) in [6, 6.07) is 13.0. The topological polar surface area (TPSA) is 67.4 Å². The zero-order chi connectivity index (χ0) is 16.2. The third kappa shape index (κ3) is 3.77. The molecule has 0 aliphatic carbocycles. The summed E-state index contributed by atoms with van der Waals surface area (Å²) in [7, 11) is 0. The summed E-state index contributed by atoms with van der Waals surface area (Å²) in [4.78, 5) is 23.3. The smallest absolute Gasteiger partial charge is 0.262 e. The van der Waals surface area contributed by atoms with Crippen molar-refractivity contribution in [2.75, 3.05) is 17.2 Å². The first kappa shape index (κ1) is 14.8. The summed E-state index contributed by atoms with van der Waals surface area (Å²) in [6.45, 7) is 2.02. The minimum absolute atomic E-state index is 0.0119. The molecular weight excluding hydrogens is 292 g/mol. The lowest BCUT2D eigenvalue weighted by atomic mass is 10.1. The van der Waals surface area contributed by atoms with Crippen LogP contribution in [0.4, 0.5) is 11.4 Å². The molecule has 1 heterocycles. The maximum atomic E-state index is 12.0. The third-order valence-corrected chi connectivity index (χ3v) is 3.38. The Morgan fingerprint density at radius 3 is 2.78 bits per heavy atom. The minimum Gasteiger partial charge on any atom is -0.482 e. The summed E-state index contributed by atoms with van der Waals surface area (Å²) in [5, 5.41) is 5.46. The predicted molar refractivity (Wildman–Crippen MR) is 89.4 cm³/mol. The standard InChI is InChI=1S/C18H16N2O3/c1-12-2-4-13(5-3-12)6-9-17(21)19-14-7-8-16-15(10-14)20-18(22)11-23-16/h2-10H,11H2,1H3,(H,19,21)(H,20,22)/b9-6+. The van der Waals surface area contributed by atoms with Gasteiger partial charge in [-0.3, -0.25) is 9.59 Å². The van der Waals surface area contributed by atoms with Crippen molar-refractivity contribution in [1.82, 2.24) is 0 Å². The van der Waals surface area contributed by atoms with Crippen molar-refractivity contribution >= 4 is 29.3 Å². The number of aryl methyl sites for hydroxylation is 1. The average Bonchev–Trinajstić information content (AvgIpc) is 2.54. The molecule has 2 aromatic rings. The van der Waals surface area contributed by atoms with Crippen LogP contribution in [-0.4, -0.2) is 18.4 Å². The maximum Gasteiger partial charge on any atom is 0.262 e. The van der Waals surface area contributed by atoms with E-state index >= 15 is 0 Å². The van der Waals surface area contributed by atoms with Gasteiger partial charge in [-0.05, 0) is 36.8 Å². The first-order valence-electron chi connectivity index (χ1n) is 7.22. The lowest BCUT2D eigenvalue weighted by molar-refractivity contribution is -0.118. The van der Waals surface area contributed by atoms with Crippen LogP contribution in [0.25, 0.3) is 6.08 Å². The second-order valence-corrected chi connectivity index (χ2v) is 5.28. The Morgan fingerprint density at radius 2 is 2.00 bits per heavy atom. The Kier molecular flexibility index (Phi) is 4.10. The summed E-state index contributed by atoms with van der Waals surface area (Å²) in [5.74, 6) is 0.145. The molecule has 2 N–H and O–H groups in total. The van der Waals surface area contributed by atoms with Crippen LogP contribution >= 0.6 is 0 Å². The van der Waals surface area contributed by atoms with Crippen molar-refractivity contribution in [3.8, 4) is 5.75 Å². The highest BCUT2D eigenvalue weighted by atomic mass is 16.5. The fourth-order valence-electron chi connectivity index (χ4n) is 2.19. The van der Waals surface area contributed by atoms with Crippen molar-refractivity contribution in [3.63, 3.8) is 0 Å². The molecule has 116 valence electrons. The molecular formula is C18H16N2O3. The molecule has 0 bridgehead atoms. The van der Waals surface area contributed by atoms with Gasteiger partial charge in [0.2, 0.25) is 5.91 Å². The summed E-state index contributed by atoms with van der Waals surface area (Å²) in [5.41, 5.74) is 3.27. The molecule has 23 heavy (non-hydrogen) atoms. The Morgan fingerprint density at radius 1 is 1.22 bits per heavy atom. The number of amides is 2. The number of rotatable bonds is 3. The van der Waals surface area contributed by atoms with Gasteiger partial charge < -0.3 is 15.4 Å². The van der Waals surface area contributed by atoms with Gasteiger partial charge in [-0.2, -0.15) is 0 Å². The van der Waals surface area contributed by atoms with E-state index in [2.05, 4.69) is 10.6 Å². The van der Waals surface area contributed by atoms with Gasteiger partial charge in [-0.1, -0.05) is 29.8 Å². The van der Waals surface area contributed by atoms with E-state index in [0.29, 0.717) is 17.1 Å². The molecule has 1 aliphatic heterocycles. The van der Waals surface area contributed by atoms with Gasteiger partial charge in [0.1, 0.15) is 5.75 Å². The second-order valence-electron chi connectivity index (χ2n) is 5.28. The SMILES string of the molecule is Cc1ccc(/C=C/C(=O)Nc2ccc3c(c2)NC(=O)CO3)cc1. The highest BCUT2D eigenvalue weighted by Gasteiger charge is 2.16. The van der Waals surface area contributed by atoms with Crippen LogP contribution in [0.2, 0.25) is 0 Å². The first-order valence-corrected chi connectivity index (χ1v) is 7.22. The van der Waals surface area contributed by atoms with E-state index in [9.17, 15) is 9.59 Å². The Hall–Kier alpha value is -3.08. The van der Waals surface area contributed by atoms with Crippen LogP contribution in [0.1, 0.15) is 11.1 Å². The molecule has 2 aromatic carbocycles. The molecule has 0 fully saturated rings. The molecule has 0 aromatic heterocycles. The molecule has 0 saturated carbocycles. The Balaban J connectivity index is 1.67. The summed E-state index contributed by atoms with van der Waals surface area (Å²) >= 11 is 0. The molecule has 0 saturated heterocycles. The van der Waals surface area contributed by atoms with Crippen LogP contribution in [0, 0.1) is 6.92 Å². The normalized spacial score (nSPS) is 13.2. The maximum absolute atomic E-state index is 12.0. The molecule has 5 nitrogen and oxygen atoms in total. The Bertz CT molecular complexity index is 779. The lowest BCUT2D eigenvalue weighted by Crippen LogP contribution is -2.25. The van der Waals surface area contributed by atoms with Crippen LogP contribution in [0.15, 0.2) is 48.5 Å². The number of anilines is 2. The Labute approximate surface area is 134 Å². The number of carbonyl (C=O) groups is 2. The van der Waals surface area contributed by atoms with Gasteiger partial charge in [0.25, 0.3) is 5.91 Å². The largest absolute Gasteiger partial charge is 0.482 e. The van der Waals surface area contributed by atoms with E-state index in [1.54, 1.807) is 24.3 Å². The van der Waals surface area contributed by atoms with Crippen molar-refractivity contribution in [2.45, 2.75) is 6.92 Å². The number of fused-ring (bicyclic) bond motifs is 1. The molecule has 0 atom stereocenters. The molecule has 0 unspecified atom stereocenters. The minimum atomic E-state index is -0.242. The zero-order valence-electron chi connectivity index (χ0n) is 12.6. The number of carbonyl (C=O) groups excluding carboxylic acids is 2. The molecule has 3 rings (SSSR count). The van der Waals surface area contributed by atoms with Gasteiger partial charge in [-0.25, -0.2) is 0 Å². The fourth-order valence-corrected chi connectivity index (χ4v) is 2.19. The van der Waals surface area contributed by atoms with E-state index in [-0.39, 0.29) is 18.4 Å². The highest BCUT2D eigenvalue weighted by molar-refractivity contribution is 6.03. The van der Waals surface area contributed by atoms with Crippen LogP contribution < -0.4 is 15.4 Å². The lowest BCUT2D eigenvalue weighted by Gasteiger charge is -2.18. The van der Waals surface area contributed by atoms with E-state index in [4.69, 9.17) is 4.74 Å². The molecule has 5 heteroatoms. The van der Waals surface area contributed by atoms with E-state index in [0.717, 1.165) is 5.56 Å². The summed E-state index contributed by atoms with van der Waals surface area (Å²) < 4.78 is 5.27. The van der Waals surface area contributed by atoms with Gasteiger partial charge in [0.15, 0.2) is 6.61 Å². The van der Waals surface area contributed by atoms with Gasteiger partial charge in [-0.15, -0.1) is 0 Å². The van der Waals surface area contributed by atoms with Gasteiger partial charge in [0.05, 0.1) is 5.69 Å². The molecule has 2 amide bonds. The summed E-state index contributed by atoms with van der Waals surface area (Å²) in [6.07, 6.45) is 3.22. The first-order chi connectivity index (χ1) is 11.1. The fraction of sp³-hybridized carbons (Fsp3) is 0.111. The van der Waals surface area contributed by atoms with Gasteiger partial charge in [0, 0.05) is 11.8 Å². The quantitative estimate of drug-likeness (QED) is 0.857. The third-order valence-electron chi connectivity index (χ3n) is 3.38. The van der Waals surface area contributed by atoms with Crippen molar-refractivity contribution in [2.24, 2.45) is 0 Å². The number of hydrogen-bond donors (Lipinski definition) is 2. The highest BCUT2D eigenvalue weighted by Crippen LogP contribution is 2.30. The monoisotopic (exact) mass is 308 g/mol. The van der Waals surface area contributed by atoms with Crippen molar-refractivity contribution in [3.05, 3.63) is 59.7 Å². The number of ether oxygens (including phenoxy) is 1. The van der Waals surface area contributed by atoms with Crippen LogP contribution in [0.3, 0.4) is 0 Å². The van der Waals surface area contributed by atoms with Crippen molar-refractivity contribution < 1.29 is 14.3 Å². The zero-order valence-corrected chi connectivity index (χ0v) is 12.6. The van der Waals surface area contributed by atoms with E-state index in [1.165, 1.54) is 11.6 Å². The van der Waals surface area contributed by atoms with E-state index < -0.39 is 0 Å². The van der Waals surface area contributed by atoms with E-state index in [1.807, 2.05) is 31.2 Å². The van der Waals surface area contributed by atoms with Crippen LogP contribution in [0.5, 0.6) is 5.75 Å². The molecule has 1 aliphatic rings. The number of nitrogens with one attached hydrogen (secondary N) is 2.